The number of rotatable bonds is 10. The molecule has 1 heterocycles. The lowest BCUT2D eigenvalue weighted by molar-refractivity contribution is -0.117. The normalized spacial score (nSPS) is 10.7. The van der Waals surface area contributed by atoms with E-state index in [1.807, 2.05) is 67.6 Å². The van der Waals surface area contributed by atoms with Crippen LogP contribution in [0.25, 0.3) is 11.5 Å². The van der Waals surface area contributed by atoms with Gasteiger partial charge < -0.3 is 13.9 Å². The van der Waals surface area contributed by atoms with Crippen LogP contribution in [0.4, 0.5) is 4.79 Å². The van der Waals surface area contributed by atoms with E-state index in [9.17, 15) is 9.59 Å². The van der Waals surface area contributed by atoms with E-state index in [-0.39, 0.29) is 18.9 Å². The summed E-state index contributed by atoms with van der Waals surface area (Å²) < 4.78 is 18.1. The van der Waals surface area contributed by atoms with Crippen LogP contribution in [0, 0.1) is 6.92 Å². The fraction of sp³-hybridized carbons (Fsp3) is 0.207. The standard InChI is InChI=1S/C29H27BrN2O5/c1-20(33)18-32(29(34)37-26-13-7-11-24(30)17-26)19-22-8-6-12-25(16-22)35-15-14-27-21(2)36-28(31-27)23-9-4-3-5-10-23/h3-13,16-17H,14-15,18-19H2,1-2H3. The summed E-state index contributed by atoms with van der Waals surface area (Å²) in [5.74, 6) is 2.26. The molecule has 0 unspecified atom stereocenters. The number of halogens is 1. The van der Waals surface area contributed by atoms with Gasteiger partial charge >= 0.3 is 6.09 Å². The van der Waals surface area contributed by atoms with Gasteiger partial charge in [0.25, 0.3) is 0 Å². The molecule has 0 aliphatic heterocycles. The van der Waals surface area contributed by atoms with Crippen molar-refractivity contribution in [1.82, 2.24) is 9.88 Å². The first-order valence-electron chi connectivity index (χ1n) is 11.8. The average molecular weight is 563 g/mol. The molecule has 0 atom stereocenters. The van der Waals surface area contributed by atoms with Crippen molar-refractivity contribution in [3.8, 4) is 23.0 Å². The molecule has 0 radical (unpaired) electrons. The highest BCUT2D eigenvalue weighted by Gasteiger charge is 2.19. The number of carbonyl (C=O) groups excluding carboxylic acids is 2. The van der Waals surface area contributed by atoms with Gasteiger partial charge in [0.1, 0.15) is 23.0 Å². The number of nitrogens with zero attached hydrogens (tertiary/aromatic N) is 2. The zero-order valence-corrected chi connectivity index (χ0v) is 22.2. The number of aromatic nitrogens is 1. The number of benzene rings is 3. The average Bonchev–Trinajstić information content (AvgIpc) is 3.24. The van der Waals surface area contributed by atoms with E-state index in [1.54, 1.807) is 18.2 Å². The summed E-state index contributed by atoms with van der Waals surface area (Å²) in [4.78, 5) is 30.6. The SMILES string of the molecule is CC(=O)CN(Cc1cccc(OCCc2nc(-c3ccccc3)oc2C)c1)C(=O)Oc1cccc(Br)c1. The van der Waals surface area contributed by atoms with Gasteiger partial charge in [-0.15, -0.1) is 0 Å². The number of ketones is 1. The van der Waals surface area contributed by atoms with Gasteiger partial charge in [-0.1, -0.05) is 52.3 Å². The highest BCUT2D eigenvalue weighted by Crippen LogP contribution is 2.23. The van der Waals surface area contributed by atoms with Crippen molar-refractivity contribution in [2.45, 2.75) is 26.8 Å². The summed E-state index contributed by atoms with van der Waals surface area (Å²) in [5.41, 5.74) is 2.59. The van der Waals surface area contributed by atoms with Crippen LogP contribution in [0.15, 0.2) is 87.8 Å². The van der Waals surface area contributed by atoms with Crippen LogP contribution in [0.1, 0.15) is 23.9 Å². The molecule has 0 spiro atoms. The van der Waals surface area contributed by atoms with E-state index in [1.165, 1.54) is 11.8 Å². The Morgan fingerprint density at radius 3 is 2.49 bits per heavy atom. The molecule has 3 aromatic carbocycles. The van der Waals surface area contributed by atoms with Gasteiger partial charge in [-0.3, -0.25) is 9.69 Å². The molecule has 1 amide bonds. The number of oxazole rings is 1. The van der Waals surface area contributed by atoms with Gasteiger partial charge in [-0.2, -0.15) is 0 Å². The number of carbonyl (C=O) groups is 2. The molecule has 7 nitrogen and oxygen atoms in total. The third kappa shape index (κ3) is 7.54. The zero-order chi connectivity index (χ0) is 26.2. The Morgan fingerprint density at radius 1 is 0.973 bits per heavy atom. The minimum absolute atomic E-state index is 0.0624. The van der Waals surface area contributed by atoms with Gasteiger partial charge in [0, 0.05) is 23.0 Å². The Balaban J connectivity index is 1.37. The summed E-state index contributed by atoms with van der Waals surface area (Å²) in [6.45, 7) is 3.88. The third-order valence-corrected chi connectivity index (χ3v) is 5.96. The maximum absolute atomic E-state index is 12.8. The Kier molecular flexibility index (Phi) is 8.74. The van der Waals surface area contributed by atoms with Crippen molar-refractivity contribution in [3.05, 3.63) is 100 Å². The number of aryl methyl sites for hydroxylation is 1. The predicted octanol–water partition coefficient (Wildman–Crippen LogP) is 6.62. The van der Waals surface area contributed by atoms with Crippen molar-refractivity contribution >= 4 is 27.8 Å². The first kappa shape index (κ1) is 26.2. The van der Waals surface area contributed by atoms with Crippen LogP contribution in [0.3, 0.4) is 0 Å². The van der Waals surface area contributed by atoms with E-state index >= 15 is 0 Å². The summed E-state index contributed by atoms with van der Waals surface area (Å²) in [7, 11) is 0. The molecule has 0 aliphatic rings. The van der Waals surface area contributed by atoms with E-state index in [0.29, 0.717) is 30.4 Å². The molecule has 4 aromatic rings. The van der Waals surface area contributed by atoms with E-state index in [4.69, 9.17) is 13.9 Å². The summed E-state index contributed by atoms with van der Waals surface area (Å²) >= 11 is 3.36. The minimum atomic E-state index is -0.602. The van der Waals surface area contributed by atoms with Gasteiger partial charge in [-0.25, -0.2) is 9.78 Å². The highest BCUT2D eigenvalue weighted by molar-refractivity contribution is 9.10. The van der Waals surface area contributed by atoms with Crippen LogP contribution in [-0.2, 0) is 17.8 Å². The minimum Gasteiger partial charge on any atom is -0.493 e. The maximum atomic E-state index is 12.8. The number of ether oxygens (including phenoxy) is 2. The Labute approximate surface area is 224 Å². The largest absolute Gasteiger partial charge is 0.493 e. The number of hydrogen-bond donors (Lipinski definition) is 0. The van der Waals surface area contributed by atoms with Crippen molar-refractivity contribution in [3.63, 3.8) is 0 Å². The lowest BCUT2D eigenvalue weighted by atomic mass is 10.2. The zero-order valence-electron chi connectivity index (χ0n) is 20.6. The van der Waals surface area contributed by atoms with Crippen molar-refractivity contribution in [2.75, 3.05) is 13.2 Å². The molecule has 0 saturated carbocycles. The molecule has 0 N–H and O–H groups in total. The number of hydrogen-bond acceptors (Lipinski definition) is 6. The second-order valence-electron chi connectivity index (χ2n) is 8.52. The molecule has 0 fully saturated rings. The van der Waals surface area contributed by atoms with Crippen LogP contribution in [-0.4, -0.2) is 34.9 Å². The van der Waals surface area contributed by atoms with Crippen molar-refractivity contribution in [1.29, 1.82) is 0 Å². The summed E-state index contributed by atoms with van der Waals surface area (Å²) in [6.07, 6.45) is -0.0164. The molecule has 0 bridgehead atoms. The molecule has 0 saturated heterocycles. The second-order valence-corrected chi connectivity index (χ2v) is 9.43. The summed E-state index contributed by atoms with van der Waals surface area (Å²) in [6, 6.07) is 24.2. The van der Waals surface area contributed by atoms with Gasteiger partial charge in [0.15, 0.2) is 0 Å². The Morgan fingerprint density at radius 2 is 1.73 bits per heavy atom. The fourth-order valence-corrected chi connectivity index (χ4v) is 4.11. The Bertz CT molecular complexity index is 1370. The van der Waals surface area contributed by atoms with E-state index < -0.39 is 6.09 Å². The molecule has 4 rings (SSSR count). The van der Waals surface area contributed by atoms with Crippen LogP contribution in [0.2, 0.25) is 0 Å². The smallest absolute Gasteiger partial charge is 0.415 e. The predicted molar refractivity (Wildman–Crippen MR) is 144 cm³/mol. The Hall–Kier alpha value is -3.91. The number of Topliss-reactive ketones (excluding diaryl/α,β-unsaturated/α-hetero) is 1. The quantitative estimate of drug-likeness (QED) is 0.216. The first-order valence-corrected chi connectivity index (χ1v) is 12.6. The number of amides is 1. The topological polar surface area (TPSA) is 81.9 Å². The van der Waals surface area contributed by atoms with Crippen molar-refractivity contribution < 1.29 is 23.5 Å². The molecular weight excluding hydrogens is 536 g/mol. The van der Waals surface area contributed by atoms with Gasteiger partial charge in [0.2, 0.25) is 5.89 Å². The highest BCUT2D eigenvalue weighted by atomic mass is 79.9. The molecular formula is C29H27BrN2O5. The van der Waals surface area contributed by atoms with Crippen LogP contribution in [0.5, 0.6) is 11.5 Å². The lowest BCUT2D eigenvalue weighted by Gasteiger charge is -2.21. The molecule has 190 valence electrons. The third-order valence-electron chi connectivity index (χ3n) is 5.47. The van der Waals surface area contributed by atoms with E-state index in [2.05, 4.69) is 20.9 Å². The van der Waals surface area contributed by atoms with Crippen molar-refractivity contribution in [2.24, 2.45) is 0 Å². The van der Waals surface area contributed by atoms with Crippen LogP contribution < -0.4 is 9.47 Å². The van der Waals surface area contributed by atoms with Crippen LogP contribution >= 0.6 is 15.9 Å². The monoisotopic (exact) mass is 562 g/mol. The molecule has 8 heteroatoms. The molecule has 37 heavy (non-hydrogen) atoms. The van der Waals surface area contributed by atoms with Gasteiger partial charge in [-0.05, 0) is 61.9 Å². The first-order chi connectivity index (χ1) is 17.9. The molecule has 1 aromatic heterocycles. The lowest BCUT2D eigenvalue weighted by Crippen LogP contribution is -2.36. The molecule has 0 aliphatic carbocycles. The second kappa shape index (κ2) is 12.4. The van der Waals surface area contributed by atoms with E-state index in [0.717, 1.165) is 27.1 Å². The summed E-state index contributed by atoms with van der Waals surface area (Å²) in [5, 5.41) is 0. The van der Waals surface area contributed by atoms with Gasteiger partial charge in [0.05, 0.1) is 18.8 Å². The fourth-order valence-electron chi connectivity index (χ4n) is 3.73. The maximum Gasteiger partial charge on any atom is 0.415 e.